The van der Waals surface area contributed by atoms with Crippen molar-refractivity contribution in [1.29, 1.82) is 0 Å². The second-order valence-electron chi connectivity index (χ2n) is 7.72. The Hall–Kier alpha value is -2.28. The normalized spacial score (nSPS) is 21.2. The summed E-state index contributed by atoms with van der Waals surface area (Å²) in [5.41, 5.74) is 3.68. The molecule has 0 saturated heterocycles. The summed E-state index contributed by atoms with van der Waals surface area (Å²) in [5.74, 6) is 1.48. The summed E-state index contributed by atoms with van der Waals surface area (Å²) in [5, 5.41) is 16.0. The van der Waals surface area contributed by atoms with Crippen LogP contribution in [0.15, 0.2) is 18.2 Å². The summed E-state index contributed by atoms with van der Waals surface area (Å²) in [4.78, 5) is 17.1. The monoisotopic (exact) mass is 401 g/mol. The van der Waals surface area contributed by atoms with Crippen molar-refractivity contribution in [2.45, 2.75) is 51.0 Å². The molecule has 0 aliphatic heterocycles. The zero-order valence-corrected chi connectivity index (χ0v) is 17.0. The SMILES string of the molecule is COc1ccc2c(c1)CCCc1sc(NCC3CCC(NC(=O)O)CC3)nc1-2. The highest BCUT2D eigenvalue weighted by molar-refractivity contribution is 7.16. The van der Waals surface area contributed by atoms with Gasteiger partial charge in [0, 0.05) is 23.0 Å². The Labute approximate surface area is 169 Å². The highest BCUT2D eigenvalue weighted by Gasteiger charge is 2.23. The predicted octanol–water partition coefficient (Wildman–Crippen LogP) is 4.55. The van der Waals surface area contributed by atoms with Gasteiger partial charge in [-0.3, -0.25) is 0 Å². The summed E-state index contributed by atoms with van der Waals surface area (Å²) >= 11 is 1.78. The molecule has 2 aromatic rings. The molecule has 0 atom stereocenters. The summed E-state index contributed by atoms with van der Waals surface area (Å²) in [7, 11) is 1.71. The van der Waals surface area contributed by atoms with Gasteiger partial charge < -0.3 is 20.5 Å². The Morgan fingerprint density at radius 1 is 1.29 bits per heavy atom. The Bertz CT molecular complexity index is 843. The van der Waals surface area contributed by atoms with Gasteiger partial charge in [0.2, 0.25) is 0 Å². The third kappa shape index (κ3) is 4.24. The smallest absolute Gasteiger partial charge is 0.404 e. The number of benzene rings is 1. The lowest BCUT2D eigenvalue weighted by molar-refractivity contribution is 0.183. The van der Waals surface area contributed by atoms with Crippen LogP contribution >= 0.6 is 11.3 Å². The molecule has 0 unspecified atom stereocenters. The number of anilines is 1. The van der Waals surface area contributed by atoms with Crippen LogP contribution in [0.3, 0.4) is 0 Å². The molecule has 1 aromatic carbocycles. The Morgan fingerprint density at radius 3 is 2.86 bits per heavy atom. The first kappa shape index (κ1) is 19.1. The Morgan fingerprint density at radius 2 is 2.11 bits per heavy atom. The van der Waals surface area contributed by atoms with Gasteiger partial charge in [-0.2, -0.15) is 0 Å². The number of methoxy groups -OCH3 is 1. The van der Waals surface area contributed by atoms with E-state index in [-0.39, 0.29) is 6.04 Å². The van der Waals surface area contributed by atoms with Crippen LogP contribution < -0.4 is 15.4 Å². The molecule has 0 bridgehead atoms. The molecule has 6 nitrogen and oxygen atoms in total. The van der Waals surface area contributed by atoms with E-state index in [1.165, 1.54) is 16.0 Å². The third-order valence-corrected chi connectivity index (χ3v) is 6.90. The fourth-order valence-electron chi connectivity index (χ4n) is 4.30. The number of hydrogen-bond acceptors (Lipinski definition) is 5. The molecule has 28 heavy (non-hydrogen) atoms. The number of carboxylic acid groups (broad SMARTS) is 1. The van der Waals surface area contributed by atoms with E-state index in [0.717, 1.165) is 68.1 Å². The number of thiazole rings is 1. The van der Waals surface area contributed by atoms with Crippen molar-refractivity contribution in [2.75, 3.05) is 19.0 Å². The van der Waals surface area contributed by atoms with Crippen molar-refractivity contribution in [3.8, 4) is 17.0 Å². The van der Waals surface area contributed by atoms with Gasteiger partial charge in [-0.25, -0.2) is 9.78 Å². The second kappa shape index (κ2) is 8.39. The maximum Gasteiger partial charge on any atom is 0.404 e. The number of aromatic nitrogens is 1. The fraction of sp³-hybridized carbons (Fsp3) is 0.524. The second-order valence-corrected chi connectivity index (χ2v) is 8.80. The molecule has 1 fully saturated rings. The summed E-state index contributed by atoms with van der Waals surface area (Å²) in [6.07, 6.45) is 6.28. The summed E-state index contributed by atoms with van der Waals surface area (Å²) < 4.78 is 5.38. The number of carbonyl (C=O) groups is 1. The van der Waals surface area contributed by atoms with Crippen LogP contribution in [0.2, 0.25) is 0 Å². The van der Waals surface area contributed by atoms with Gasteiger partial charge >= 0.3 is 6.09 Å². The molecule has 4 rings (SSSR count). The molecule has 2 aliphatic rings. The number of hydrogen-bond donors (Lipinski definition) is 3. The van der Waals surface area contributed by atoms with Crippen LogP contribution in [-0.4, -0.2) is 35.9 Å². The lowest BCUT2D eigenvalue weighted by Crippen LogP contribution is -2.37. The van der Waals surface area contributed by atoms with Crippen molar-refractivity contribution in [3.63, 3.8) is 0 Å². The molecule has 1 heterocycles. The number of nitrogens with zero attached hydrogens (tertiary/aromatic N) is 1. The van der Waals surface area contributed by atoms with E-state index in [1.807, 2.05) is 6.07 Å². The van der Waals surface area contributed by atoms with Crippen LogP contribution in [0.4, 0.5) is 9.93 Å². The van der Waals surface area contributed by atoms with E-state index in [1.54, 1.807) is 18.4 Å². The lowest BCUT2D eigenvalue weighted by Gasteiger charge is -2.28. The van der Waals surface area contributed by atoms with E-state index in [9.17, 15) is 4.79 Å². The molecule has 1 amide bonds. The average Bonchev–Trinajstić information content (AvgIpc) is 3.02. The quantitative estimate of drug-likeness (QED) is 0.685. The fourth-order valence-corrected chi connectivity index (χ4v) is 5.32. The number of aryl methyl sites for hydroxylation is 2. The molecule has 3 N–H and O–H groups in total. The largest absolute Gasteiger partial charge is 0.497 e. The van der Waals surface area contributed by atoms with Crippen LogP contribution in [-0.2, 0) is 12.8 Å². The standard InChI is InChI=1S/C21H27N3O3S/c1-27-16-9-10-17-14(11-16)3-2-4-18-19(17)24-20(28-18)22-12-13-5-7-15(8-6-13)23-21(25)26/h9-11,13,15,23H,2-8,12H2,1H3,(H,22,24)(H,25,26). The van der Waals surface area contributed by atoms with Crippen molar-refractivity contribution < 1.29 is 14.6 Å². The maximum atomic E-state index is 10.8. The number of fused-ring (bicyclic) bond motifs is 3. The van der Waals surface area contributed by atoms with Crippen LogP contribution in [0.25, 0.3) is 11.3 Å². The van der Waals surface area contributed by atoms with E-state index in [0.29, 0.717) is 5.92 Å². The van der Waals surface area contributed by atoms with Gasteiger partial charge in [0.25, 0.3) is 0 Å². The predicted molar refractivity (Wildman–Crippen MR) is 112 cm³/mol. The van der Waals surface area contributed by atoms with E-state index in [2.05, 4.69) is 22.8 Å². The van der Waals surface area contributed by atoms with Crippen LogP contribution in [0.1, 0.15) is 42.5 Å². The zero-order valence-electron chi connectivity index (χ0n) is 16.2. The first-order chi connectivity index (χ1) is 13.6. The highest BCUT2D eigenvalue weighted by atomic mass is 32.1. The number of nitrogens with one attached hydrogen (secondary N) is 2. The minimum Gasteiger partial charge on any atom is -0.497 e. The zero-order chi connectivity index (χ0) is 19.5. The molecular formula is C21H27N3O3S. The first-order valence-corrected chi connectivity index (χ1v) is 10.8. The van der Waals surface area contributed by atoms with E-state index >= 15 is 0 Å². The molecular weight excluding hydrogens is 374 g/mol. The molecule has 150 valence electrons. The van der Waals surface area contributed by atoms with Gasteiger partial charge in [-0.05, 0) is 74.6 Å². The number of ether oxygens (including phenoxy) is 1. The minimum absolute atomic E-state index is 0.109. The molecule has 2 aliphatic carbocycles. The van der Waals surface area contributed by atoms with Gasteiger partial charge in [0.1, 0.15) is 5.75 Å². The lowest BCUT2D eigenvalue weighted by atomic mass is 9.86. The van der Waals surface area contributed by atoms with E-state index in [4.69, 9.17) is 14.8 Å². The van der Waals surface area contributed by atoms with Crippen molar-refractivity contribution in [2.24, 2.45) is 5.92 Å². The van der Waals surface area contributed by atoms with Gasteiger partial charge in [-0.1, -0.05) is 0 Å². The Kier molecular flexibility index (Phi) is 5.71. The number of amides is 1. The first-order valence-electron chi connectivity index (χ1n) is 10.0. The maximum absolute atomic E-state index is 10.8. The third-order valence-electron chi connectivity index (χ3n) is 5.83. The molecule has 1 aromatic heterocycles. The van der Waals surface area contributed by atoms with Crippen molar-refractivity contribution in [1.82, 2.24) is 10.3 Å². The van der Waals surface area contributed by atoms with Gasteiger partial charge in [-0.15, -0.1) is 11.3 Å². The van der Waals surface area contributed by atoms with Crippen molar-refractivity contribution in [3.05, 3.63) is 28.6 Å². The Balaban J connectivity index is 1.40. The minimum atomic E-state index is -0.913. The highest BCUT2D eigenvalue weighted by Crippen LogP contribution is 2.38. The van der Waals surface area contributed by atoms with Gasteiger partial charge in [0.05, 0.1) is 12.8 Å². The molecule has 1 saturated carbocycles. The van der Waals surface area contributed by atoms with Crippen molar-refractivity contribution >= 4 is 22.6 Å². The van der Waals surface area contributed by atoms with Crippen LogP contribution in [0, 0.1) is 5.92 Å². The topological polar surface area (TPSA) is 83.5 Å². The molecule has 7 heteroatoms. The van der Waals surface area contributed by atoms with E-state index < -0.39 is 6.09 Å². The number of rotatable bonds is 5. The summed E-state index contributed by atoms with van der Waals surface area (Å²) in [6, 6.07) is 6.40. The molecule has 0 radical (unpaired) electrons. The van der Waals surface area contributed by atoms with Gasteiger partial charge in [0.15, 0.2) is 5.13 Å². The molecule has 0 spiro atoms. The summed E-state index contributed by atoms with van der Waals surface area (Å²) in [6.45, 7) is 0.904. The average molecular weight is 402 g/mol. The van der Waals surface area contributed by atoms with Crippen LogP contribution in [0.5, 0.6) is 5.75 Å².